The zero-order chi connectivity index (χ0) is 8.73. The van der Waals surface area contributed by atoms with E-state index in [1.54, 1.807) is 0 Å². The average molecular weight is 207 g/mol. The number of aliphatic hydroxyl groups is 1. The average Bonchev–Trinajstić information content (AvgIpc) is 1.63. The molecule has 0 saturated heterocycles. The Hall–Kier alpha value is -0.305. The van der Waals surface area contributed by atoms with Crippen molar-refractivity contribution in [2.45, 2.75) is 13.0 Å². The summed E-state index contributed by atoms with van der Waals surface area (Å²) in [6.07, 6.45) is -1.23. The summed E-state index contributed by atoms with van der Waals surface area (Å²) < 4.78 is 0. The molecule has 0 aromatic rings. The van der Waals surface area contributed by atoms with Gasteiger partial charge in [-0.3, -0.25) is 0 Å². The summed E-state index contributed by atoms with van der Waals surface area (Å²) in [7, 11) is 0. The van der Waals surface area contributed by atoms with Crippen LogP contribution in [0.15, 0.2) is 0 Å². The van der Waals surface area contributed by atoms with Gasteiger partial charge in [-0.1, -0.05) is 0 Å². The molecule has 0 radical (unpaired) electrons. The molecule has 3 N–H and O–H groups in total. The SMILES string of the molecule is CC(O)C(=O)O.O=[N+]([O-])O.[Al+3].[Al+3]. The maximum atomic E-state index is 9.45. The molecule has 1 unspecified atom stereocenters. The molecule has 0 aromatic heterocycles. The third-order valence-corrected chi connectivity index (χ3v) is 0.357. The monoisotopic (exact) mass is 207 g/mol. The van der Waals surface area contributed by atoms with Gasteiger partial charge < -0.3 is 15.4 Å². The van der Waals surface area contributed by atoms with Crippen LogP contribution >= 0.6 is 0 Å². The van der Waals surface area contributed by atoms with Crippen LogP contribution in [0.25, 0.3) is 0 Å². The van der Waals surface area contributed by atoms with Gasteiger partial charge in [0.25, 0.3) is 5.09 Å². The van der Waals surface area contributed by atoms with Gasteiger partial charge in [0.2, 0.25) is 0 Å². The zero-order valence-electron chi connectivity index (χ0n) is 6.25. The largest absolute Gasteiger partial charge is 3.00 e. The van der Waals surface area contributed by atoms with Crippen molar-refractivity contribution >= 4 is 40.7 Å². The van der Waals surface area contributed by atoms with Crippen LogP contribution in [-0.4, -0.2) is 67.3 Å². The molecule has 0 rings (SSSR count). The first kappa shape index (κ1) is 22.6. The molecule has 0 aliphatic rings. The van der Waals surface area contributed by atoms with E-state index in [2.05, 4.69) is 0 Å². The van der Waals surface area contributed by atoms with Crippen molar-refractivity contribution < 1.29 is 25.3 Å². The van der Waals surface area contributed by atoms with Crippen LogP contribution in [-0.2, 0) is 4.79 Å². The van der Waals surface area contributed by atoms with Gasteiger partial charge in [0.1, 0.15) is 6.10 Å². The summed E-state index contributed by atoms with van der Waals surface area (Å²) >= 11 is 0. The minimum Gasteiger partial charge on any atom is -0.479 e. The molecule has 0 heterocycles. The molecule has 1 atom stereocenters. The van der Waals surface area contributed by atoms with Gasteiger partial charge in [-0.2, -0.15) is 0 Å². The van der Waals surface area contributed by atoms with E-state index in [1.807, 2.05) is 0 Å². The van der Waals surface area contributed by atoms with Crippen LogP contribution in [0.3, 0.4) is 0 Å². The van der Waals surface area contributed by atoms with Crippen molar-refractivity contribution in [2.24, 2.45) is 0 Å². The molecule has 0 aromatic carbocycles. The Labute approximate surface area is 89.4 Å². The maximum Gasteiger partial charge on any atom is 3.00 e. The van der Waals surface area contributed by atoms with E-state index < -0.39 is 17.2 Å². The molecule has 0 amide bonds. The van der Waals surface area contributed by atoms with Gasteiger partial charge in [0.05, 0.1) is 0 Å². The van der Waals surface area contributed by atoms with Gasteiger partial charge in [0.15, 0.2) is 0 Å². The molecule has 9 heteroatoms. The second kappa shape index (κ2) is 13.3. The molecule has 0 bridgehead atoms. The fourth-order valence-electron chi connectivity index (χ4n) is 0. The Balaban J connectivity index is -0.0000000483. The van der Waals surface area contributed by atoms with E-state index >= 15 is 0 Å². The molecule has 7 nitrogen and oxygen atoms in total. The topological polar surface area (TPSA) is 121 Å². The minimum absolute atomic E-state index is 0. The number of aliphatic carboxylic acids is 1. The van der Waals surface area contributed by atoms with Crippen LogP contribution in [0.5, 0.6) is 0 Å². The number of carboxylic acid groups (broad SMARTS) is 1. The fourth-order valence-corrected chi connectivity index (χ4v) is 0. The third-order valence-electron chi connectivity index (χ3n) is 0.357. The van der Waals surface area contributed by atoms with Crippen LogP contribution in [0, 0.1) is 10.1 Å². The fraction of sp³-hybridized carbons (Fsp3) is 0.667. The number of aliphatic hydroxyl groups excluding tert-OH is 1. The van der Waals surface area contributed by atoms with E-state index in [0.717, 1.165) is 0 Å². The van der Waals surface area contributed by atoms with Gasteiger partial charge >= 0.3 is 40.7 Å². The van der Waals surface area contributed by atoms with Gasteiger partial charge in [-0.05, 0) is 6.92 Å². The molecule has 0 spiro atoms. The Morgan fingerprint density at radius 1 is 1.50 bits per heavy atom. The first-order valence-electron chi connectivity index (χ1n) is 2.12. The van der Waals surface area contributed by atoms with E-state index in [9.17, 15) is 4.79 Å². The number of hydrogen-bond acceptors (Lipinski definition) is 4. The molecular weight excluding hydrogens is 200 g/mol. The molecule has 0 aliphatic carbocycles. The molecule has 60 valence electrons. The Morgan fingerprint density at radius 2 is 1.58 bits per heavy atom. The van der Waals surface area contributed by atoms with E-state index in [0.29, 0.717) is 0 Å². The Bertz CT molecular complexity index is 124. The number of rotatable bonds is 1. The number of nitrogens with zero attached hydrogens (tertiary/aromatic N) is 1. The van der Waals surface area contributed by atoms with Gasteiger partial charge in [-0.15, -0.1) is 10.1 Å². The van der Waals surface area contributed by atoms with Crippen LogP contribution in [0.4, 0.5) is 0 Å². The van der Waals surface area contributed by atoms with Gasteiger partial charge in [-0.25, -0.2) is 4.79 Å². The molecule has 0 aliphatic heterocycles. The first-order chi connectivity index (χ1) is 4.37. The summed E-state index contributed by atoms with van der Waals surface area (Å²) in [6, 6.07) is 0. The number of carboxylic acids is 1. The van der Waals surface area contributed by atoms with E-state index in [-0.39, 0.29) is 34.7 Å². The van der Waals surface area contributed by atoms with E-state index in [1.165, 1.54) is 6.92 Å². The predicted molar refractivity (Wildman–Crippen MR) is 39.6 cm³/mol. The van der Waals surface area contributed by atoms with Crippen LogP contribution < -0.4 is 0 Å². The summed E-state index contributed by atoms with van der Waals surface area (Å²) in [5.41, 5.74) is 0. The molecule has 0 fully saturated rings. The summed E-state index contributed by atoms with van der Waals surface area (Å²) in [5, 5.41) is 29.4. The van der Waals surface area contributed by atoms with Crippen molar-refractivity contribution in [3.8, 4) is 0 Å². The summed E-state index contributed by atoms with van der Waals surface area (Å²) in [4.78, 5) is 17.8. The third kappa shape index (κ3) is 53.7. The molecular formula is C3H7Al2NO6+6. The second-order valence-corrected chi connectivity index (χ2v) is 1.25. The molecule has 0 saturated carbocycles. The van der Waals surface area contributed by atoms with E-state index in [4.69, 9.17) is 25.5 Å². The summed E-state index contributed by atoms with van der Waals surface area (Å²) in [6.45, 7) is 1.20. The first-order valence-corrected chi connectivity index (χ1v) is 2.12. The Kier molecular flexibility index (Phi) is 25.0. The van der Waals surface area contributed by atoms with Crippen LogP contribution in [0.1, 0.15) is 6.92 Å². The smallest absolute Gasteiger partial charge is 0.479 e. The minimum atomic E-state index is -1.50. The number of hydrogen-bond donors (Lipinski definition) is 3. The normalized spacial score (nSPS) is 8.83. The second-order valence-electron chi connectivity index (χ2n) is 1.25. The standard InChI is InChI=1S/C3H6O3.2Al.HNO3/c1-2(4)3(5)6;;;2-1(3)4/h2,4H,1H3,(H,5,6);;;(H,2,3,4)/q;2*+3;. The van der Waals surface area contributed by atoms with Crippen molar-refractivity contribution in [1.82, 2.24) is 0 Å². The van der Waals surface area contributed by atoms with Gasteiger partial charge in [0, 0.05) is 0 Å². The quantitative estimate of drug-likeness (QED) is 0.269. The van der Waals surface area contributed by atoms with Crippen molar-refractivity contribution in [1.29, 1.82) is 0 Å². The predicted octanol–water partition coefficient (Wildman–Crippen LogP) is -1.66. The number of carbonyl (C=O) groups is 1. The summed E-state index contributed by atoms with van der Waals surface area (Å²) in [5.74, 6) is -1.19. The van der Waals surface area contributed by atoms with Crippen molar-refractivity contribution in [3.63, 3.8) is 0 Å². The maximum absolute atomic E-state index is 9.45. The molecule has 12 heavy (non-hydrogen) atoms. The van der Waals surface area contributed by atoms with Crippen molar-refractivity contribution in [3.05, 3.63) is 10.1 Å². The Morgan fingerprint density at radius 3 is 1.58 bits per heavy atom. The van der Waals surface area contributed by atoms with Crippen molar-refractivity contribution in [2.75, 3.05) is 0 Å². The van der Waals surface area contributed by atoms with Crippen LogP contribution in [0.2, 0.25) is 0 Å². The zero-order valence-corrected chi connectivity index (χ0v) is 8.56.